The lowest BCUT2D eigenvalue weighted by Crippen LogP contribution is -2.27. The summed E-state index contributed by atoms with van der Waals surface area (Å²) in [5.41, 5.74) is 8.63. The Labute approximate surface area is 151 Å². The van der Waals surface area contributed by atoms with Crippen molar-refractivity contribution in [2.75, 3.05) is 12.3 Å². The molecule has 6 heteroatoms. The van der Waals surface area contributed by atoms with Crippen LogP contribution in [0.15, 0.2) is 60.8 Å². The molecule has 26 heavy (non-hydrogen) atoms. The Kier molecular flexibility index (Phi) is 4.99. The predicted molar refractivity (Wildman–Crippen MR) is 99.9 cm³/mol. The first kappa shape index (κ1) is 17.2. The zero-order valence-electron chi connectivity index (χ0n) is 14.4. The van der Waals surface area contributed by atoms with Crippen LogP contribution < -0.4 is 11.1 Å². The van der Waals surface area contributed by atoms with Crippen LogP contribution in [0.1, 0.15) is 34.3 Å². The van der Waals surface area contributed by atoms with Gasteiger partial charge in [-0.1, -0.05) is 37.3 Å². The van der Waals surface area contributed by atoms with Gasteiger partial charge in [-0.15, -0.1) is 0 Å². The normalized spacial score (nSPS) is 11.5. The number of hydrogen-bond acceptors (Lipinski definition) is 4. The van der Waals surface area contributed by atoms with E-state index in [0.717, 1.165) is 0 Å². The fourth-order valence-corrected chi connectivity index (χ4v) is 2.65. The van der Waals surface area contributed by atoms with Crippen LogP contribution in [0.4, 0.5) is 5.82 Å². The number of amides is 1. The third kappa shape index (κ3) is 3.57. The summed E-state index contributed by atoms with van der Waals surface area (Å²) in [5.74, 6) is 0.375. The van der Waals surface area contributed by atoms with Gasteiger partial charge in [0.15, 0.2) is 0 Å². The van der Waals surface area contributed by atoms with Crippen molar-refractivity contribution < 1.29 is 4.79 Å². The molecule has 3 rings (SSSR count). The third-order valence-electron chi connectivity index (χ3n) is 4.24. The molecule has 6 nitrogen and oxygen atoms in total. The van der Waals surface area contributed by atoms with E-state index in [9.17, 15) is 4.79 Å². The summed E-state index contributed by atoms with van der Waals surface area (Å²) in [7, 11) is 0. The van der Waals surface area contributed by atoms with Crippen molar-refractivity contribution in [3.8, 4) is 11.8 Å². The summed E-state index contributed by atoms with van der Waals surface area (Å²) in [6, 6.07) is 19.0. The maximum atomic E-state index is 12.3. The quantitative estimate of drug-likeness (QED) is 0.743. The van der Waals surface area contributed by atoms with Crippen LogP contribution in [0.5, 0.6) is 0 Å². The first-order valence-corrected chi connectivity index (χ1v) is 8.27. The van der Waals surface area contributed by atoms with Crippen LogP contribution in [-0.2, 0) is 0 Å². The van der Waals surface area contributed by atoms with Crippen molar-refractivity contribution in [3.63, 3.8) is 0 Å². The smallest absolute Gasteiger partial charge is 0.251 e. The van der Waals surface area contributed by atoms with Crippen LogP contribution in [-0.4, -0.2) is 22.2 Å². The molecule has 0 bridgehead atoms. The van der Waals surface area contributed by atoms with Gasteiger partial charge < -0.3 is 11.1 Å². The molecule has 1 unspecified atom stereocenters. The van der Waals surface area contributed by atoms with Crippen LogP contribution in [0, 0.1) is 11.3 Å². The Bertz CT molecular complexity index is 939. The average molecular weight is 345 g/mol. The average Bonchev–Trinajstić information content (AvgIpc) is 3.07. The van der Waals surface area contributed by atoms with Crippen LogP contribution >= 0.6 is 0 Å². The van der Waals surface area contributed by atoms with E-state index in [0.29, 0.717) is 23.4 Å². The van der Waals surface area contributed by atoms with E-state index in [1.54, 1.807) is 24.3 Å². The summed E-state index contributed by atoms with van der Waals surface area (Å²) in [6.07, 6.45) is 1.42. The zero-order chi connectivity index (χ0) is 18.5. The third-order valence-corrected chi connectivity index (χ3v) is 4.24. The van der Waals surface area contributed by atoms with E-state index < -0.39 is 0 Å². The second-order valence-corrected chi connectivity index (χ2v) is 6.04. The van der Waals surface area contributed by atoms with Crippen LogP contribution in [0.2, 0.25) is 0 Å². The first-order valence-electron chi connectivity index (χ1n) is 8.27. The number of anilines is 1. The molecule has 0 saturated heterocycles. The highest BCUT2D eigenvalue weighted by molar-refractivity contribution is 5.94. The topological polar surface area (TPSA) is 96.7 Å². The van der Waals surface area contributed by atoms with Gasteiger partial charge in [0, 0.05) is 12.1 Å². The number of nitriles is 1. The SMILES string of the molecule is CC(CNC(=O)c1ccc(-n2ncc(C#N)c2N)cc1)c1ccccc1. The molecule has 1 atom stereocenters. The fourth-order valence-electron chi connectivity index (χ4n) is 2.65. The fraction of sp³-hybridized carbons (Fsp3) is 0.150. The summed E-state index contributed by atoms with van der Waals surface area (Å²) >= 11 is 0. The van der Waals surface area contributed by atoms with Crippen molar-refractivity contribution in [1.29, 1.82) is 5.26 Å². The molecule has 1 aromatic heterocycles. The summed E-state index contributed by atoms with van der Waals surface area (Å²) in [5, 5.41) is 16.0. The molecule has 130 valence electrons. The predicted octanol–water partition coefficient (Wildman–Crippen LogP) is 2.86. The van der Waals surface area contributed by atoms with Crippen LogP contribution in [0.25, 0.3) is 5.69 Å². The van der Waals surface area contributed by atoms with Crippen molar-refractivity contribution in [2.45, 2.75) is 12.8 Å². The van der Waals surface area contributed by atoms with Gasteiger partial charge in [0.2, 0.25) is 0 Å². The lowest BCUT2D eigenvalue weighted by molar-refractivity contribution is 0.0951. The lowest BCUT2D eigenvalue weighted by Gasteiger charge is -2.13. The molecule has 0 aliphatic rings. The Morgan fingerprint density at radius 2 is 1.92 bits per heavy atom. The maximum Gasteiger partial charge on any atom is 0.251 e. The van der Waals surface area contributed by atoms with Gasteiger partial charge in [-0.25, -0.2) is 4.68 Å². The highest BCUT2D eigenvalue weighted by Crippen LogP contribution is 2.17. The highest BCUT2D eigenvalue weighted by Gasteiger charge is 2.11. The summed E-state index contributed by atoms with van der Waals surface area (Å²) in [4.78, 5) is 12.3. The standard InChI is InChI=1S/C20H19N5O/c1-14(15-5-3-2-4-6-15)12-23-20(26)16-7-9-18(10-8-16)25-19(22)17(11-21)13-24-25/h2-10,13-14H,12,22H2,1H3,(H,23,26). The van der Waals surface area contributed by atoms with E-state index in [-0.39, 0.29) is 17.6 Å². The van der Waals surface area contributed by atoms with Gasteiger partial charge in [0.05, 0.1) is 11.9 Å². The molecule has 1 heterocycles. The molecule has 2 aromatic carbocycles. The number of nitrogen functional groups attached to an aromatic ring is 1. The molecule has 0 radical (unpaired) electrons. The van der Waals surface area contributed by atoms with Gasteiger partial charge in [0.1, 0.15) is 17.5 Å². The van der Waals surface area contributed by atoms with Gasteiger partial charge in [-0.05, 0) is 35.7 Å². The number of nitrogens with zero attached hydrogens (tertiary/aromatic N) is 3. The minimum Gasteiger partial charge on any atom is -0.382 e. The Hall–Kier alpha value is -3.59. The molecule has 0 spiro atoms. The van der Waals surface area contributed by atoms with Crippen LogP contribution in [0.3, 0.4) is 0 Å². The number of nitrogens with one attached hydrogen (secondary N) is 1. The Morgan fingerprint density at radius 1 is 1.23 bits per heavy atom. The van der Waals surface area contributed by atoms with Gasteiger partial charge in [-0.3, -0.25) is 4.79 Å². The van der Waals surface area contributed by atoms with Crippen molar-refractivity contribution >= 4 is 11.7 Å². The Balaban J connectivity index is 1.65. The number of rotatable bonds is 5. The number of hydrogen-bond donors (Lipinski definition) is 2. The zero-order valence-corrected chi connectivity index (χ0v) is 14.4. The minimum absolute atomic E-state index is 0.134. The molecular formula is C20H19N5O. The second-order valence-electron chi connectivity index (χ2n) is 6.04. The number of benzene rings is 2. The van der Waals surface area contributed by atoms with Crippen molar-refractivity contribution in [3.05, 3.63) is 77.5 Å². The number of nitrogens with two attached hydrogens (primary N) is 1. The largest absolute Gasteiger partial charge is 0.382 e. The van der Waals surface area contributed by atoms with Gasteiger partial charge in [0.25, 0.3) is 5.91 Å². The van der Waals surface area contributed by atoms with Gasteiger partial charge >= 0.3 is 0 Å². The monoisotopic (exact) mass is 345 g/mol. The van der Waals surface area contributed by atoms with Crippen molar-refractivity contribution in [2.24, 2.45) is 0 Å². The first-order chi connectivity index (χ1) is 12.6. The van der Waals surface area contributed by atoms with E-state index in [1.807, 2.05) is 24.3 Å². The molecule has 3 aromatic rings. The number of aromatic nitrogens is 2. The Morgan fingerprint density at radius 3 is 2.54 bits per heavy atom. The molecule has 0 saturated carbocycles. The highest BCUT2D eigenvalue weighted by atomic mass is 16.1. The molecule has 0 fully saturated rings. The maximum absolute atomic E-state index is 12.3. The molecular weight excluding hydrogens is 326 g/mol. The van der Waals surface area contributed by atoms with E-state index in [1.165, 1.54) is 16.4 Å². The molecule has 3 N–H and O–H groups in total. The van der Waals surface area contributed by atoms with E-state index in [2.05, 4.69) is 29.5 Å². The van der Waals surface area contributed by atoms with E-state index >= 15 is 0 Å². The molecule has 1 amide bonds. The minimum atomic E-state index is -0.134. The molecule has 0 aliphatic heterocycles. The van der Waals surface area contributed by atoms with E-state index in [4.69, 9.17) is 11.0 Å². The summed E-state index contributed by atoms with van der Waals surface area (Å²) in [6.45, 7) is 2.63. The molecule has 0 aliphatic carbocycles. The number of carbonyl (C=O) groups is 1. The second kappa shape index (κ2) is 7.53. The van der Waals surface area contributed by atoms with Crippen molar-refractivity contribution in [1.82, 2.24) is 15.1 Å². The summed E-state index contributed by atoms with van der Waals surface area (Å²) < 4.78 is 1.47. The lowest BCUT2D eigenvalue weighted by atomic mass is 10.0. The van der Waals surface area contributed by atoms with Gasteiger partial charge in [-0.2, -0.15) is 10.4 Å². The number of carbonyl (C=O) groups excluding carboxylic acids is 1.